The summed E-state index contributed by atoms with van der Waals surface area (Å²) in [6.45, 7) is 0. The summed E-state index contributed by atoms with van der Waals surface area (Å²) in [5.41, 5.74) is 0. The third-order valence-electron chi connectivity index (χ3n) is 0. The Balaban J connectivity index is -0.0000000150. The number of hydrogen-bond donors (Lipinski definition) is 4. The summed E-state index contributed by atoms with van der Waals surface area (Å²) in [4.78, 5) is 24.3. The average molecular weight is 178 g/mol. The Morgan fingerprint density at radius 2 is 0.727 bits per heavy atom. The topological polar surface area (TPSA) is 184 Å². The molecule has 0 atom stereocenters. The molecule has 0 aliphatic carbocycles. The highest BCUT2D eigenvalue weighted by atomic mass is 19.0. The first-order valence-electron chi connectivity index (χ1n) is 1.15. The fourth-order valence-electron chi connectivity index (χ4n) is 0. The van der Waals surface area contributed by atoms with E-state index in [0.717, 1.165) is 0 Å². The summed E-state index contributed by atoms with van der Waals surface area (Å²) in [5, 5.41) is 23.7. The molecule has 0 unspecified atom stereocenters. The van der Waals surface area contributed by atoms with Gasteiger partial charge in [-0.05, 0) is 0 Å². The lowest BCUT2D eigenvalue weighted by atomic mass is 13.4. The minimum atomic E-state index is 0. The zero-order chi connectivity index (χ0) is 8.12. The van der Waals surface area contributed by atoms with Crippen LogP contribution >= 0.6 is 0 Å². The van der Waals surface area contributed by atoms with Crippen LogP contribution in [-0.2, 0) is 0 Å². The van der Waals surface area contributed by atoms with Gasteiger partial charge in [-0.25, -0.2) is 0 Å². The van der Waals surface area contributed by atoms with E-state index in [4.69, 9.17) is 30.3 Å². The van der Waals surface area contributed by atoms with Gasteiger partial charge in [0.1, 0.15) is 0 Å². The normalized spacial score (nSPS) is 3.27. The van der Waals surface area contributed by atoms with Crippen LogP contribution in [0.15, 0.2) is 16.0 Å². The van der Waals surface area contributed by atoms with Gasteiger partial charge < -0.3 is 21.8 Å². The number of hydrogen-bond acceptors (Lipinski definition) is 7. The summed E-state index contributed by atoms with van der Waals surface area (Å²) in [7, 11) is 0. The van der Waals surface area contributed by atoms with Gasteiger partial charge in [0, 0.05) is 0 Å². The molecule has 0 aromatic rings. The molecule has 0 amide bonds. The van der Waals surface area contributed by atoms with Gasteiger partial charge in [0.25, 0.3) is 0 Å². The summed E-state index contributed by atoms with van der Waals surface area (Å²) < 4.78 is 0. The summed E-state index contributed by atoms with van der Waals surface area (Å²) in [6, 6.07) is 0. The lowest BCUT2D eigenvalue weighted by Gasteiger charge is -1.32. The van der Waals surface area contributed by atoms with Crippen molar-refractivity contribution in [3.05, 3.63) is 14.7 Å². The molecule has 0 aliphatic heterocycles. The highest BCUT2D eigenvalue weighted by Crippen LogP contribution is 1.25. The van der Waals surface area contributed by atoms with Gasteiger partial charge in [0.2, 0.25) is 0 Å². The molecule has 0 aromatic carbocycles. The van der Waals surface area contributed by atoms with Gasteiger partial charge in [0.15, 0.2) is 16.0 Å². The van der Waals surface area contributed by atoms with Crippen molar-refractivity contribution in [3.8, 4) is 0 Å². The molecule has 10 nitrogen and oxygen atoms in total. The van der Waals surface area contributed by atoms with Crippen LogP contribution in [0.4, 0.5) is 4.70 Å². The largest absolute Gasteiger partial charge is 0.379 e. The Hall–Kier alpha value is -1.91. The maximum absolute atomic E-state index is 8.11. The van der Waals surface area contributed by atoms with E-state index in [9.17, 15) is 0 Å². The zero-order valence-corrected chi connectivity index (χ0v) is 5.02. The molecule has 0 bridgehead atoms. The maximum Gasteiger partial charge on any atom is 0.152 e. The van der Waals surface area contributed by atoms with Gasteiger partial charge >= 0.3 is 0 Å². The summed E-state index contributed by atoms with van der Waals surface area (Å²) >= 11 is 0. The first-order chi connectivity index (χ1) is 4.24. The van der Waals surface area contributed by atoms with Gasteiger partial charge in [-0.3, -0.25) is 4.70 Å². The molecule has 0 aromatic heterocycles. The average Bonchev–Trinajstić information content (AvgIpc) is 1.70. The molecule has 11 heavy (non-hydrogen) atoms. The molecular formula is H7FN4O6. The van der Waals surface area contributed by atoms with Crippen LogP contribution in [0.2, 0.25) is 0 Å². The van der Waals surface area contributed by atoms with E-state index in [1.54, 1.807) is 0 Å². The molecule has 11 heteroatoms. The van der Waals surface area contributed by atoms with Crippen molar-refractivity contribution in [3.63, 3.8) is 0 Å². The Labute approximate surface area is 58.6 Å². The number of nitrogens with zero attached hydrogens (tertiary/aromatic N) is 3. The summed E-state index contributed by atoms with van der Waals surface area (Å²) in [5.74, 6) is 0. The van der Waals surface area contributed by atoms with E-state index >= 15 is 0 Å². The second kappa shape index (κ2) is 342. The number of halogens is 1. The SMILES string of the molecule is F.N.O=NO.O=NO.O=NO. The lowest BCUT2D eigenvalue weighted by molar-refractivity contribution is 0.312. The highest BCUT2D eigenvalue weighted by Gasteiger charge is 1.19. The standard InChI is InChI=1S/FH.3HNO2.H3N/c;3*2-1-3;/h1H;3*(H,2,3);1H3. The highest BCUT2D eigenvalue weighted by molar-refractivity contribution is 3.84. The Bertz CT molecular complexity index is 51.3. The molecule has 0 saturated carbocycles. The summed E-state index contributed by atoms with van der Waals surface area (Å²) in [6.07, 6.45) is 0. The molecule has 6 N–H and O–H groups in total. The molecule has 0 heterocycles. The molecule has 0 radical (unpaired) electrons. The van der Waals surface area contributed by atoms with Crippen LogP contribution in [0.1, 0.15) is 0 Å². The molecular weight excluding hydrogens is 171 g/mol. The van der Waals surface area contributed by atoms with E-state index in [2.05, 4.69) is 0 Å². The van der Waals surface area contributed by atoms with E-state index in [-0.39, 0.29) is 10.9 Å². The molecule has 0 rings (SSSR count). The van der Waals surface area contributed by atoms with Crippen LogP contribution in [0.25, 0.3) is 0 Å². The zero-order valence-electron chi connectivity index (χ0n) is 5.02. The van der Waals surface area contributed by atoms with Crippen molar-refractivity contribution < 1.29 is 20.3 Å². The molecule has 0 aliphatic rings. The van der Waals surface area contributed by atoms with E-state index in [1.165, 1.54) is 16.0 Å². The third-order valence-corrected chi connectivity index (χ3v) is 0. The predicted octanol–water partition coefficient (Wildman–Crippen LogP) is 0.740. The second-order valence-corrected chi connectivity index (χ2v) is 0.245. The van der Waals surface area contributed by atoms with Crippen molar-refractivity contribution in [2.45, 2.75) is 0 Å². The van der Waals surface area contributed by atoms with Crippen molar-refractivity contribution in [2.75, 3.05) is 0 Å². The van der Waals surface area contributed by atoms with Gasteiger partial charge in [-0.2, -0.15) is 0 Å². The fourth-order valence-corrected chi connectivity index (χ4v) is 0. The minimum absolute atomic E-state index is 0. The quantitative estimate of drug-likeness (QED) is 0.311. The van der Waals surface area contributed by atoms with Crippen LogP contribution in [0.5, 0.6) is 0 Å². The van der Waals surface area contributed by atoms with Gasteiger partial charge in [0.05, 0.1) is 0 Å². The van der Waals surface area contributed by atoms with E-state index < -0.39 is 0 Å². The monoisotopic (exact) mass is 178 g/mol. The predicted molar refractivity (Wildman–Crippen MR) is 30.3 cm³/mol. The fraction of sp³-hybridized carbons (Fsp3) is 0. The van der Waals surface area contributed by atoms with Gasteiger partial charge in [-0.1, -0.05) is 0 Å². The van der Waals surface area contributed by atoms with Crippen molar-refractivity contribution in [1.29, 1.82) is 0 Å². The number of rotatable bonds is 0. The van der Waals surface area contributed by atoms with E-state index in [0.29, 0.717) is 0 Å². The smallest absolute Gasteiger partial charge is 0.152 e. The Morgan fingerprint density at radius 1 is 0.727 bits per heavy atom. The first kappa shape index (κ1) is 35.6. The maximum atomic E-state index is 8.11. The van der Waals surface area contributed by atoms with Gasteiger partial charge in [-0.15, -0.1) is 14.7 Å². The Morgan fingerprint density at radius 3 is 0.727 bits per heavy atom. The second-order valence-electron chi connectivity index (χ2n) is 0.245. The molecule has 70 valence electrons. The first-order valence-corrected chi connectivity index (χ1v) is 1.15. The third kappa shape index (κ3) is 82.2. The molecule has 0 saturated heterocycles. The minimum Gasteiger partial charge on any atom is -0.379 e. The van der Waals surface area contributed by atoms with Crippen molar-refractivity contribution >= 4 is 0 Å². The van der Waals surface area contributed by atoms with Crippen LogP contribution in [0, 0.1) is 14.7 Å². The molecule has 0 fully saturated rings. The molecule has 0 spiro atoms. The van der Waals surface area contributed by atoms with Crippen molar-refractivity contribution in [2.24, 2.45) is 16.0 Å². The van der Waals surface area contributed by atoms with Crippen LogP contribution < -0.4 is 6.15 Å². The van der Waals surface area contributed by atoms with Crippen LogP contribution in [-0.4, -0.2) is 15.6 Å². The Kier molecular flexibility index (Phi) is 1110. The lowest BCUT2D eigenvalue weighted by Crippen LogP contribution is -1.25. The van der Waals surface area contributed by atoms with Crippen molar-refractivity contribution in [1.82, 2.24) is 6.15 Å². The van der Waals surface area contributed by atoms with E-state index in [1.807, 2.05) is 0 Å². The van der Waals surface area contributed by atoms with Crippen LogP contribution in [0.3, 0.4) is 0 Å².